The summed E-state index contributed by atoms with van der Waals surface area (Å²) in [5, 5.41) is 0. The van der Waals surface area contributed by atoms with E-state index in [0.717, 1.165) is 43.6 Å². The Morgan fingerprint density at radius 3 is 3.08 bits per heavy atom. The van der Waals surface area contributed by atoms with Gasteiger partial charge in [0.25, 0.3) is 5.91 Å². The number of nitrogens with zero attached hydrogens (tertiary/aromatic N) is 5. The van der Waals surface area contributed by atoms with E-state index in [1.54, 1.807) is 6.20 Å². The number of imidazole rings is 1. The molecule has 2 aliphatic rings. The number of carbonyl (C=O) groups excluding carboxylic acids is 1. The molecule has 0 bridgehead atoms. The zero-order valence-electron chi connectivity index (χ0n) is 14.4. The molecule has 1 amide bonds. The highest BCUT2D eigenvalue weighted by molar-refractivity contribution is 5.94. The Bertz CT molecular complexity index is 1010. The molecule has 4 heterocycles. The third kappa shape index (κ3) is 2.27. The molecule has 5 rings (SSSR count). The molecular weight excluding hydrogens is 328 g/mol. The van der Waals surface area contributed by atoms with Gasteiger partial charge in [-0.3, -0.25) is 4.79 Å². The molecular formula is C19H20N6O. The van der Waals surface area contributed by atoms with Crippen molar-refractivity contribution in [3.8, 4) is 0 Å². The highest BCUT2D eigenvalue weighted by atomic mass is 16.2. The fourth-order valence-electron chi connectivity index (χ4n) is 4.49. The van der Waals surface area contributed by atoms with Gasteiger partial charge in [-0.2, -0.15) is 0 Å². The van der Waals surface area contributed by atoms with Crippen LogP contribution >= 0.6 is 0 Å². The van der Waals surface area contributed by atoms with E-state index in [1.165, 1.54) is 5.56 Å². The highest BCUT2D eigenvalue weighted by Gasteiger charge is 2.44. The van der Waals surface area contributed by atoms with Crippen molar-refractivity contribution in [1.82, 2.24) is 24.3 Å². The lowest BCUT2D eigenvalue weighted by molar-refractivity contribution is 0.0633. The molecule has 0 radical (unpaired) electrons. The number of rotatable bonds is 1. The number of nitrogen functional groups attached to an aromatic ring is 1. The molecule has 0 aromatic carbocycles. The van der Waals surface area contributed by atoms with Gasteiger partial charge in [0.1, 0.15) is 5.65 Å². The van der Waals surface area contributed by atoms with Gasteiger partial charge in [0, 0.05) is 43.3 Å². The maximum atomic E-state index is 13.1. The van der Waals surface area contributed by atoms with Gasteiger partial charge >= 0.3 is 0 Å². The summed E-state index contributed by atoms with van der Waals surface area (Å²) in [6, 6.07) is 3.74. The Morgan fingerprint density at radius 1 is 1.23 bits per heavy atom. The monoisotopic (exact) mass is 348 g/mol. The SMILES string of the molecule is Nc1ncc2c(n1)C1(CCCN(C(=O)c3ccc4nccn4c3)C1)CC2. The summed E-state index contributed by atoms with van der Waals surface area (Å²) in [7, 11) is 0. The molecule has 3 aromatic heterocycles. The quantitative estimate of drug-likeness (QED) is 0.725. The van der Waals surface area contributed by atoms with Crippen molar-refractivity contribution in [2.24, 2.45) is 0 Å². The van der Waals surface area contributed by atoms with Crippen molar-refractivity contribution < 1.29 is 4.79 Å². The lowest BCUT2D eigenvalue weighted by Gasteiger charge is -2.40. The van der Waals surface area contributed by atoms with Crippen LogP contribution < -0.4 is 5.73 Å². The van der Waals surface area contributed by atoms with Gasteiger partial charge in [0.2, 0.25) is 5.95 Å². The van der Waals surface area contributed by atoms with Crippen LogP contribution in [0.5, 0.6) is 0 Å². The molecule has 1 atom stereocenters. The average Bonchev–Trinajstić information content (AvgIpc) is 3.26. The maximum absolute atomic E-state index is 13.1. The minimum atomic E-state index is -0.0839. The van der Waals surface area contributed by atoms with Crippen molar-refractivity contribution in [3.05, 3.63) is 53.7 Å². The summed E-state index contributed by atoms with van der Waals surface area (Å²) in [6.45, 7) is 1.47. The Labute approximate surface area is 150 Å². The van der Waals surface area contributed by atoms with Crippen LogP contribution in [-0.2, 0) is 11.8 Å². The van der Waals surface area contributed by atoms with E-state index in [-0.39, 0.29) is 11.3 Å². The van der Waals surface area contributed by atoms with E-state index in [4.69, 9.17) is 5.73 Å². The molecule has 1 spiro atoms. The second-order valence-electron chi connectivity index (χ2n) is 7.32. The molecule has 1 aliphatic carbocycles. The Morgan fingerprint density at radius 2 is 2.15 bits per heavy atom. The number of likely N-dealkylation sites (tertiary alicyclic amines) is 1. The van der Waals surface area contributed by atoms with Gasteiger partial charge in [-0.05, 0) is 43.4 Å². The van der Waals surface area contributed by atoms with Gasteiger partial charge in [0.05, 0.1) is 11.3 Å². The highest BCUT2D eigenvalue weighted by Crippen LogP contribution is 2.44. The smallest absolute Gasteiger partial charge is 0.255 e. The van der Waals surface area contributed by atoms with Crippen molar-refractivity contribution >= 4 is 17.5 Å². The number of pyridine rings is 1. The lowest BCUT2D eigenvalue weighted by atomic mass is 9.77. The molecule has 1 unspecified atom stereocenters. The van der Waals surface area contributed by atoms with Crippen LogP contribution in [0.4, 0.5) is 5.95 Å². The van der Waals surface area contributed by atoms with E-state index in [9.17, 15) is 4.79 Å². The standard InChI is InChI=1S/C19H20N6O/c20-18-22-10-13-4-6-19(16(13)23-18)5-1-8-25(12-19)17(26)14-2-3-15-21-7-9-24(15)11-14/h2-3,7,9-11H,1,4-6,8,12H2,(H2,20,22,23). The van der Waals surface area contributed by atoms with Crippen LogP contribution in [0.2, 0.25) is 0 Å². The van der Waals surface area contributed by atoms with Crippen LogP contribution in [0.1, 0.15) is 40.9 Å². The first-order chi connectivity index (χ1) is 12.6. The number of piperidine rings is 1. The Kier molecular flexibility index (Phi) is 3.25. The maximum Gasteiger partial charge on any atom is 0.255 e. The predicted molar refractivity (Wildman–Crippen MR) is 96.8 cm³/mol. The first-order valence-corrected chi connectivity index (χ1v) is 8.99. The summed E-state index contributed by atoms with van der Waals surface area (Å²) in [6.07, 6.45) is 11.3. The molecule has 26 heavy (non-hydrogen) atoms. The van der Waals surface area contributed by atoms with E-state index in [2.05, 4.69) is 15.0 Å². The van der Waals surface area contributed by atoms with Crippen LogP contribution in [0, 0.1) is 0 Å². The minimum Gasteiger partial charge on any atom is -0.368 e. The van der Waals surface area contributed by atoms with Crippen molar-refractivity contribution in [2.45, 2.75) is 31.1 Å². The number of fused-ring (bicyclic) bond motifs is 3. The van der Waals surface area contributed by atoms with Gasteiger partial charge in [-0.1, -0.05) is 0 Å². The summed E-state index contributed by atoms with van der Waals surface area (Å²) in [4.78, 5) is 28.0. The van der Waals surface area contributed by atoms with Crippen LogP contribution in [0.3, 0.4) is 0 Å². The molecule has 0 saturated carbocycles. The zero-order valence-corrected chi connectivity index (χ0v) is 14.4. The van der Waals surface area contributed by atoms with Crippen molar-refractivity contribution in [3.63, 3.8) is 0 Å². The van der Waals surface area contributed by atoms with Gasteiger partial charge < -0.3 is 15.0 Å². The van der Waals surface area contributed by atoms with Gasteiger partial charge in [-0.25, -0.2) is 15.0 Å². The number of amides is 1. The van der Waals surface area contributed by atoms with E-state index in [0.29, 0.717) is 18.1 Å². The number of aromatic nitrogens is 4. The summed E-state index contributed by atoms with van der Waals surface area (Å²) in [5.41, 5.74) is 9.51. The number of anilines is 1. The molecule has 1 fully saturated rings. The molecule has 2 N–H and O–H groups in total. The normalized spacial score (nSPS) is 22.1. The second-order valence-corrected chi connectivity index (χ2v) is 7.32. The molecule has 1 aliphatic heterocycles. The van der Waals surface area contributed by atoms with Crippen LogP contribution in [0.15, 0.2) is 36.9 Å². The zero-order chi connectivity index (χ0) is 17.7. The summed E-state index contributed by atoms with van der Waals surface area (Å²) in [5.74, 6) is 0.384. The fourth-order valence-corrected chi connectivity index (χ4v) is 4.49. The first-order valence-electron chi connectivity index (χ1n) is 8.99. The number of aryl methyl sites for hydroxylation is 1. The Balaban J connectivity index is 1.46. The third-order valence-corrected chi connectivity index (χ3v) is 5.76. The van der Waals surface area contributed by atoms with Crippen LogP contribution in [-0.4, -0.2) is 43.2 Å². The summed E-state index contributed by atoms with van der Waals surface area (Å²) >= 11 is 0. The minimum absolute atomic E-state index is 0.0650. The third-order valence-electron chi connectivity index (χ3n) is 5.76. The predicted octanol–water partition coefficient (Wildman–Crippen LogP) is 1.83. The number of hydrogen-bond donors (Lipinski definition) is 1. The van der Waals surface area contributed by atoms with Crippen LogP contribution in [0.25, 0.3) is 5.65 Å². The molecule has 3 aromatic rings. The van der Waals surface area contributed by atoms with E-state index >= 15 is 0 Å². The second kappa shape index (κ2) is 5.52. The van der Waals surface area contributed by atoms with E-state index in [1.807, 2.05) is 40.0 Å². The fraction of sp³-hybridized carbons (Fsp3) is 0.368. The lowest BCUT2D eigenvalue weighted by Crippen LogP contribution is -2.48. The topological polar surface area (TPSA) is 89.4 Å². The first kappa shape index (κ1) is 15.3. The molecule has 1 saturated heterocycles. The Hall–Kier alpha value is -2.96. The van der Waals surface area contributed by atoms with Crippen molar-refractivity contribution in [1.29, 1.82) is 0 Å². The molecule has 132 valence electrons. The average molecular weight is 348 g/mol. The number of hydrogen-bond acceptors (Lipinski definition) is 5. The van der Waals surface area contributed by atoms with Crippen molar-refractivity contribution in [2.75, 3.05) is 18.8 Å². The van der Waals surface area contributed by atoms with Gasteiger partial charge in [-0.15, -0.1) is 0 Å². The number of nitrogens with two attached hydrogens (primary N) is 1. The summed E-state index contributed by atoms with van der Waals surface area (Å²) < 4.78 is 1.88. The molecule has 7 heteroatoms. The largest absolute Gasteiger partial charge is 0.368 e. The number of carbonyl (C=O) groups is 1. The van der Waals surface area contributed by atoms with E-state index < -0.39 is 0 Å². The molecule has 7 nitrogen and oxygen atoms in total. The van der Waals surface area contributed by atoms with Gasteiger partial charge in [0.15, 0.2) is 0 Å².